The maximum absolute atomic E-state index is 9.88. The fourth-order valence-corrected chi connectivity index (χ4v) is 1.18. The maximum Gasteiger partial charge on any atom is 0.160 e. The third-order valence-electron chi connectivity index (χ3n) is 2.16. The second kappa shape index (κ2) is 5.10. The molecule has 0 saturated heterocycles. The Bertz CT molecular complexity index is 161. The minimum absolute atomic E-state index is 0.230. The zero-order valence-electron chi connectivity index (χ0n) is 10.1. The summed E-state index contributed by atoms with van der Waals surface area (Å²) < 4.78 is 5.51. The van der Waals surface area contributed by atoms with Gasteiger partial charge in [-0.15, -0.1) is 0 Å². The first-order chi connectivity index (χ1) is 6.19. The molecule has 0 aliphatic heterocycles. The van der Waals surface area contributed by atoms with E-state index < -0.39 is 6.29 Å². The van der Waals surface area contributed by atoms with E-state index in [0.717, 1.165) is 12.8 Å². The monoisotopic (exact) mass is 203 g/mol. The minimum Gasteiger partial charge on any atom is -0.367 e. The lowest BCUT2D eigenvalue weighted by atomic mass is 9.86. The zero-order valence-corrected chi connectivity index (χ0v) is 10.1. The standard InChI is InChI=1S/C11H25NO2/c1-10(2,3)14-9(13)11(4,5)7-6-8-12/h9,13H,6-8,12H2,1-5H3/t9-/m0/s1. The van der Waals surface area contributed by atoms with Gasteiger partial charge >= 0.3 is 0 Å². The summed E-state index contributed by atoms with van der Waals surface area (Å²) in [5, 5.41) is 9.88. The van der Waals surface area contributed by atoms with Crippen molar-refractivity contribution in [2.24, 2.45) is 11.1 Å². The Kier molecular flexibility index (Phi) is 5.06. The lowest BCUT2D eigenvalue weighted by Crippen LogP contribution is -2.38. The van der Waals surface area contributed by atoms with E-state index in [9.17, 15) is 5.11 Å². The largest absolute Gasteiger partial charge is 0.367 e. The van der Waals surface area contributed by atoms with Gasteiger partial charge in [0.25, 0.3) is 0 Å². The highest BCUT2D eigenvalue weighted by molar-refractivity contribution is 4.74. The topological polar surface area (TPSA) is 55.5 Å². The van der Waals surface area contributed by atoms with Crippen molar-refractivity contribution in [3.05, 3.63) is 0 Å². The number of rotatable bonds is 5. The Balaban J connectivity index is 4.13. The molecule has 14 heavy (non-hydrogen) atoms. The van der Waals surface area contributed by atoms with E-state index in [1.165, 1.54) is 0 Å². The summed E-state index contributed by atoms with van der Waals surface area (Å²) in [4.78, 5) is 0. The summed E-state index contributed by atoms with van der Waals surface area (Å²) in [5.41, 5.74) is 4.90. The molecule has 0 spiro atoms. The van der Waals surface area contributed by atoms with Gasteiger partial charge in [-0.1, -0.05) is 13.8 Å². The number of hydrogen-bond donors (Lipinski definition) is 2. The molecular formula is C11H25NO2. The van der Waals surface area contributed by atoms with Crippen LogP contribution in [0.1, 0.15) is 47.5 Å². The van der Waals surface area contributed by atoms with Crippen molar-refractivity contribution < 1.29 is 9.84 Å². The highest BCUT2D eigenvalue weighted by Crippen LogP contribution is 2.29. The molecular weight excluding hydrogens is 178 g/mol. The van der Waals surface area contributed by atoms with Crippen LogP contribution in [0.15, 0.2) is 0 Å². The Hall–Kier alpha value is -0.120. The molecule has 86 valence electrons. The van der Waals surface area contributed by atoms with Crippen LogP contribution in [0.4, 0.5) is 0 Å². The van der Waals surface area contributed by atoms with Crippen LogP contribution in [-0.4, -0.2) is 23.5 Å². The molecule has 0 aliphatic carbocycles. The van der Waals surface area contributed by atoms with Gasteiger partial charge in [0.15, 0.2) is 6.29 Å². The van der Waals surface area contributed by atoms with E-state index in [2.05, 4.69) is 0 Å². The van der Waals surface area contributed by atoms with Gasteiger partial charge in [-0.05, 0) is 40.2 Å². The fraction of sp³-hybridized carbons (Fsp3) is 1.00. The van der Waals surface area contributed by atoms with Gasteiger partial charge < -0.3 is 15.6 Å². The molecule has 3 N–H and O–H groups in total. The molecule has 0 heterocycles. The first kappa shape index (κ1) is 13.9. The van der Waals surface area contributed by atoms with Crippen molar-refractivity contribution in [2.75, 3.05) is 6.54 Å². The molecule has 0 amide bonds. The molecule has 0 saturated carbocycles. The van der Waals surface area contributed by atoms with E-state index in [1.54, 1.807) is 0 Å². The van der Waals surface area contributed by atoms with Gasteiger partial charge in [-0.2, -0.15) is 0 Å². The molecule has 0 fully saturated rings. The van der Waals surface area contributed by atoms with E-state index in [4.69, 9.17) is 10.5 Å². The molecule has 0 aromatic carbocycles. The zero-order chi connectivity index (χ0) is 11.4. The molecule has 0 aromatic heterocycles. The van der Waals surface area contributed by atoms with Crippen molar-refractivity contribution in [3.8, 4) is 0 Å². The highest BCUT2D eigenvalue weighted by atomic mass is 16.6. The van der Waals surface area contributed by atoms with E-state index in [-0.39, 0.29) is 11.0 Å². The van der Waals surface area contributed by atoms with Gasteiger partial charge in [0.2, 0.25) is 0 Å². The summed E-state index contributed by atoms with van der Waals surface area (Å²) in [7, 11) is 0. The Morgan fingerprint density at radius 3 is 2.07 bits per heavy atom. The van der Waals surface area contributed by atoms with Crippen LogP contribution in [0.3, 0.4) is 0 Å². The average molecular weight is 203 g/mol. The predicted octanol–water partition coefficient (Wildman–Crippen LogP) is 1.89. The predicted molar refractivity (Wildman–Crippen MR) is 58.9 cm³/mol. The van der Waals surface area contributed by atoms with Crippen LogP contribution in [0, 0.1) is 5.41 Å². The van der Waals surface area contributed by atoms with Gasteiger partial charge in [-0.3, -0.25) is 0 Å². The van der Waals surface area contributed by atoms with Crippen LogP contribution in [0.5, 0.6) is 0 Å². The molecule has 1 atom stereocenters. The van der Waals surface area contributed by atoms with E-state index in [0.29, 0.717) is 6.54 Å². The Morgan fingerprint density at radius 2 is 1.71 bits per heavy atom. The number of ether oxygens (including phenoxy) is 1. The first-order valence-corrected chi connectivity index (χ1v) is 5.25. The highest BCUT2D eigenvalue weighted by Gasteiger charge is 2.31. The van der Waals surface area contributed by atoms with Crippen LogP contribution in [0.2, 0.25) is 0 Å². The summed E-state index contributed by atoms with van der Waals surface area (Å²) in [6.45, 7) is 10.5. The summed E-state index contributed by atoms with van der Waals surface area (Å²) in [6, 6.07) is 0. The maximum atomic E-state index is 9.88. The molecule has 3 heteroatoms. The summed E-state index contributed by atoms with van der Waals surface area (Å²) >= 11 is 0. The SMILES string of the molecule is CC(C)(C)O[C@H](O)C(C)(C)CCCN. The van der Waals surface area contributed by atoms with Crippen molar-refractivity contribution in [3.63, 3.8) is 0 Å². The van der Waals surface area contributed by atoms with Crippen molar-refractivity contribution in [1.29, 1.82) is 0 Å². The Morgan fingerprint density at radius 1 is 1.21 bits per heavy atom. The van der Waals surface area contributed by atoms with Gasteiger partial charge in [0.1, 0.15) is 0 Å². The molecule has 0 aromatic rings. The van der Waals surface area contributed by atoms with Gasteiger partial charge in [-0.25, -0.2) is 0 Å². The number of aliphatic hydroxyl groups excluding tert-OH is 1. The second-order valence-electron chi connectivity index (χ2n) is 5.46. The summed E-state index contributed by atoms with van der Waals surface area (Å²) in [5.74, 6) is 0. The number of aliphatic hydroxyl groups is 1. The van der Waals surface area contributed by atoms with Gasteiger partial charge in [0, 0.05) is 5.41 Å². The Labute approximate surface area is 87.6 Å². The van der Waals surface area contributed by atoms with E-state index in [1.807, 2.05) is 34.6 Å². The molecule has 0 aliphatic rings. The van der Waals surface area contributed by atoms with Crippen LogP contribution >= 0.6 is 0 Å². The number of nitrogens with two attached hydrogens (primary N) is 1. The van der Waals surface area contributed by atoms with Gasteiger partial charge in [0.05, 0.1) is 5.60 Å². The van der Waals surface area contributed by atoms with Crippen LogP contribution < -0.4 is 5.73 Å². The smallest absolute Gasteiger partial charge is 0.160 e. The van der Waals surface area contributed by atoms with Crippen molar-refractivity contribution in [1.82, 2.24) is 0 Å². The lowest BCUT2D eigenvalue weighted by Gasteiger charge is -2.35. The number of hydrogen-bond acceptors (Lipinski definition) is 3. The van der Waals surface area contributed by atoms with Crippen molar-refractivity contribution in [2.45, 2.75) is 59.4 Å². The first-order valence-electron chi connectivity index (χ1n) is 5.25. The quantitative estimate of drug-likeness (QED) is 0.671. The third kappa shape index (κ3) is 5.58. The molecule has 0 unspecified atom stereocenters. The van der Waals surface area contributed by atoms with Crippen LogP contribution in [0.25, 0.3) is 0 Å². The third-order valence-corrected chi connectivity index (χ3v) is 2.16. The average Bonchev–Trinajstić information content (AvgIpc) is 1.97. The second-order valence-corrected chi connectivity index (χ2v) is 5.46. The summed E-state index contributed by atoms with van der Waals surface area (Å²) in [6.07, 6.45) is 1.06. The molecule has 0 radical (unpaired) electrons. The lowest BCUT2D eigenvalue weighted by molar-refractivity contribution is -0.217. The van der Waals surface area contributed by atoms with Crippen LogP contribution in [-0.2, 0) is 4.74 Å². The van der Waals surface area contributed by atoms with E-state index >= 15 is 0 Å². The fourth-order valence-electron chi connectivity index (χ4n) is 1.18. The molecule has 3 nitrogen and oxygen atoms in total. The van der Waals surface area contributed by atoms with Crippen molar-refractivity contribution >= 4 is 0 Å². The molecule has 0 rings (SSSR count). The minimum atomic E-state index is -0.728. The molecule has 0 bridgehead atoms. The normalized spacial score (nSPS) is 15.6.